The summed E-state index contributed by atoms with van der Waals surface area (Å²) in [6, 6.07) is 8.49. The molecular formula is C10H13BrN2. The molecule has 1 fully saturated rings. The summed E-state index contributed by atoms with van der Waals surface area (Å²) in [7, 11) is 0. The Balaban J connectivity index is 1.97. The second-order valence-corrected chi connectivity index (χ2v) is 4.23. The van der Waals surface area contributed by atoms with Crippen molar-refractivity contribution in [3.05, 3.63) is 34.3 Å². The van der Waals surface area contributed by atoms with Gasteiger partial charge in [-0.3, -0.25) is 5.43 Å². The number of hydrazine groups is 1. The van der Waals surface area contributed by atoms with E-state index in [2.05, 4.69) is 50.6 Å². The lowest BCUT2D eigenvalue weighted by Crippen LogP contribution is -2.29. The Morgan fingerprint density at radius 2 is 2.08 bits per heavy atom. The zero-order valence-corrected chi connectivity index (χ0v) is 9.05. The maximum atomic E-state index is 3.43. The van der Waals surface area contributed by atoms with E-state index < -0.39 is 0 Å². The molecule has 3 heteroatoms. The molecule has 0 bridgehead atoms. The molecule has 0 spiro atoms. The van der Waals surface area contributed by atoms with Crippen molar-refractivity contribution in [2.24, 2.45) is 0 Å². The van der Waals surface area contributed by atoms with Crippen LogP contribution in [0.3, 0.4) is 0 Å². The third-order valence-corrected chi connectivity index (χ3v) is 2.76. The van der Waals surface area contributed by atoms with Crippen LogP contribution in [0.1, 0.15) is 12.0 Å². The zero-order chi connectivity index (χ0) is 9.10. The van der Waals surface area contributed by atoms with Gasteiger partial charge in [-0.05, 0) is 24.1 Å². The van der Waals surface area contributed by atoms with E-state index in [-0.39, 0.29) is 0 Å². The Kier molecular flexibility index (Phi) is 2.98. The van der Waals surface area contributed by atoms with Crippen LogP contribution in [0.4, 0.5) is 0 Å². The van der Waals surface area contributed by atoms with Crippen molar-refractivity contribution >= 4 is 15.9 Å². The highest BCUT2D eigenvalue weighted by Gasteiger charge is 2.10. The van der Waals surface area contributed by atoms with Crippen molar-refractivity contribution in [3.8, 4) is 0 Å². The fraction of sp³-hybridized carbons (Fsp3) is 0.400. The van der Waals surface area contributed by atoms with Gasteiger partial charge in [-0.1, -0.05) is 28.1 Å². The summed E-state index contributed by atoms with van der Waals surface area (Å²) in [5.74, 6) is 0. The average Bonchev–Trinajstić information content (AvgIpc) is 2.62. The van der Waals surface area contributed by atoms with Crippen LogP contribution in [-0.2, 0) is 6.54 Å². The minimum atomic E-state index is 1.01. The molecular weight excluding hydrogens is 228 g/mol. The van der Waals surface area contributed by atoms with Crippen LogP contribution in [0.5, 0.6) is 0 Å². The van der Waals surface area contributed by atoms with Gasteiger partial charge >= 0.3 is 0 Å². The van der Waals surface area contributed by atoms with Crippen molar-refractivity contribution in [1.82, 2.24) is 10.4 Å². The van der Waals surface area contributed by atoms with Crippen LogP contribution in [0, 0.1) is 0 Å². The predicted molar refractivity (Wildman–Crippen MR) is 57.2 cm³/mol. The van der Waals surface area contributed by atoms with E-state index in [1.807, 2.05) is 0 Å². The first kappa shape index (κ1) is 9.19. The van der Waals surface area contributed by atoms with Gasteiger partial charge in [-0.15, -0.1) is 0 Å². The Labute approximate surface area is 87.0 Å². The summed E-state index contributed by atoms with van der Waals surface area (Å²) in [6.45, 7) is 3.29. The molecule has 1 saturated heterocycles. The van der Waals surface area contributed by atoms with E-state index >= 15 is 0 Å². The smallest absolute Gasteiger partial charge is 0.0381 e. The molecule has 70 valence electrons. The number of nitrogens with zero attached hydrogens (tertiary/aromatic N) is 1. The highest BCUT2D eigenvalue weighted by Crippen LogP contribution is 2.12. The van der Waals surface area contributed by atoms with Gasteiger partial charge in [0.25, 0.3) is 0 Å². The number of hydrogen-bond donors (Lipinski definition) is 1. The first-order chi connectivity index (χ1) is 6.34. The topological polar surface area (TPSA) is 15.3 Å². The standard InChI is InChI=1S/C10H13BrN2/c11-10-4-2-9(3-5-10)8-13-7-1-6-12-13/h2-5,12H,1,6-8H2. The van der Waals surface area contributed by atoms with E-state index in [1.165, 1.54) is 12.0 Å². The molecule has 0 atom stereocenters. The second-order valence-electron chi connectivity index (χ2n) is 3.31. The third kappa shape index (κ3) is 2.53. The van der Waals surface area contributed by atoms with Crippen LogP contribution in [0.25, 0.3) is 0 Å². The average molecular weight is 241 g/mol. The molecule has 2 nitrogen and oxygen atoms in total. The maximum Gasteiger partial charge on any atom is 0.0381 e. The van der Waals surface area contributed by atoms with Crippen molar-refractivity contribution in [3.63, 3.8) is 0 Å². The minimum Gasteiger partial charge on any atom is -0.255 e. The molecule has 1 heterocycles. The van der Waals surface area contributed by atoms with Gasteiger partial charge in [0, 0.05) is 24.1 Å². The lowest BCUT2D eigenvalue weighted by molar-refractivity contribution is 0.244. The van der Waals surface area contributed by atoms with E-state index in [0.717, 1.165) is 24.1 Å². The lowest BCUT2D eigenvalue weighted by Gasteiger charge is -2.14. The maximum absolute atomic E-state index is 3.43. The van der Waals surface area contributed by atoms with Crippen molar-refractivity contribution in [2.75, 3.05) is 13.1 Å². The minimum absolute atomic E-state index is 1.01. The van der Waals surface area contributed by atoms with Gasteiger partial charge < -0.3 is 0 Å². The quantitative estimate of drug-likeness (QED) is 0.853. The molecule has 0 aromatic heterocycles. The fourth-order valence-electron chi connectivity index (χ4n) is 1.53. The molecule has 0 saturated carbocycles. The molecule has 1 aliphatic heterocycles. The molecule has 1 N–H and O–H groups in total. The molecule has 2 rings (SSSR count). The number of benzene rings is 1. The monoisotopic (exact) mass is 240 g/mol. The van der Waals surface area contributed by atoms with E-state index in [4.69, 9.17) is 0 Å². The SMILES string of the molecule is Brc1ccc(CN2CCCN2)cc1. The fourth-order valence-corrected chi connectivity index (χ4v) is 1.80. The Hall–Kier alpha value is -0.380. The van der Waals surface area contributed by atoms with Crippen LogP contribution >= 0.6 is 15.9 Å². The molecule has 1 aliphatic rings. The van der Waals surface area contributed by atoms with Gasteiger partial charge in [0.15, 0.2) is 0 Å². The number of hydrogen-bond acceptors (Lipinski definition) is 2. The number of rotatable bonds is 2. The van der Waals surface area contributed by atoms with Crippen molar-refractivity contribution in [2.45, 2.75) is 13.0 Å². The van der Waals surface area contributed by atoms with E-state index in [9.17, 15) is 0 Å². The summed E-state index contributed by atoms with van der Waals surface area (Å²) in [6.07, 6.45) is 1.26. The first-order valence-corrected chi connectivity index (χ1v) is 5.37. The zero-order valence-electron chi connectivity index (χ0n) is 7.46. The van der Waals surface area contributed by atoms with Gasteiger partial charge in [-0.2, -0.15) is 0 Å². The third-order valence-electron chi connectivity index (χ3n) is 2.23. The highest BCUT2D eigenvalue weighted by molar-refractivity contribution is 9.10. The largest absolute Gasteiger partial charge is 0.255 e. The normalized spacial score (nSPS) is 17.9. The van der Waals surface area contributed by atoms with Crippen molar-refractivity contribution < 1.29 is 0 Å². The Bertz CT molecular complexity index is 265. The van der Waals surface area contributed by atoms with E-state index in [1.54, 1.807) is 0 Å². The van der Waals surface area contributed by atoms with Gasteiger partial charge in [0.05, 0.1) is 0 Å². The summed E-state index contributed by atoms with van der Waals surface area (Å²) < 4.78 is 1.14. The molecule has 1 aromatic carbocycles. The molecule has 0 unspecified atom stereocenters. The van der Waals surface area contributed by atoms with Gasteiger partial charge in [-0.25, -0.2) is 5.01 Å². The lowest BCUT2D eigenvalue weighted by atomic mass is 10.2. The summed E-state index contributed by atoms with van der Waals surface area (Å²) in [4.78, 5) is 0. The number of nitrogens with one attached hydrogen (secondary N) is 1. The molecule has 0 radical (unpaired) electrons. The summed E-state index contributed by atoms with van der Waals surface area (Å²) in [5, 5.41) is 2.27. The van der Waals surface area contributed by atoms with Crippen LogP contribution in [-0.4, -0.2) is 18.1 Å². The number of halogens is 1. The summed E-state index contributed by atoms with van der Waals surface area (Å²) >= 11 is 3.43. The Morgan fingerprint density at radius 1 is 1.31 bits per heavy atom. The molecule has 0 aliphatic carbocycles. The van der Waals surface area contributed by atoms with E-state index in [0.29, 0.717) is 0 Å². The predicted octanol–water partition coefficient (Wildman–Crippen LogP) is 2.16. The molecule has 13 heavy (non-hydrogen) atoms. The van der Waals surface area contributed by atoms with Crippen LogP contribution < -0.4 is 5.43 Å². The Morgan fingerprint density at radius 3 is 2.69 bits per heavy atom. The molecule has 1 aromatic rings. The van der Waals surface area contributed by atoms with Gasteiger partial charge in [0.1, 0.15) is 0 Å². The highest BCUT2D eigenvalue weighted by atomic mass is 79.9. The molecule has 0 amide bonds. The van der Waals surface area contributed by atoms with Crippen molar-refractivity contribution in [1.29, 1.82) is 0 Å². The van der Waals surface area contributed by atoms with Crippen LogP contribution in [0.2, 0.25) is 0 Å². The van der Waals surface area contributed by atoms with Crippen LogP contribution in [0.15, 0.2) is 28.7 Å². The second kappa shape index (κ2) is 4.22. The van der Waals surface area contributed by atoms with Gasteiger partial charge in [0.2, 0.25) is 0 Å². The summed E-state index contributed by atoms with van der Waals surface area (Å²) in [5.41, 5.74) is 4.70. The first-order valence-electron chi connectivity index (χ1n) is 4.57.